The van der Waals surface area contributed by atoms with Crippen molar-refractivity contribution in [3.63, 3.8) is 0 Å². The largest absolute Gasteiger partial charge is 0.353 e. The molecule has 2 amide bonds. The predicted octanol–water partition coefficient (Wildman–Crippen LogP) is 0.984. The van der Waals surface area contributed by atoms with Crippen LogP contribution in [0.4, 0.5) is 0 Å². The Balaban J connectivity index is 1.80. The number of nitrogens with one attached hydrogen (secondary N) is 1. The van der Waals surface area contributed by atoms with Gasteiger partial charge in [0.25, 0.3) is 0 Å². The number of hydrogen-bond acceptors (Lipinski definition) is 4. The summed E-state index contributed by atoms with van der Waals surface area (Å²) in [4.78, 5) is 31.4. The molecule has 2 aromatic rings. The maximum absolute atomic E-state index is 12.5. The molecule has 1 saturated heterocycles. The van der Waals surface area contributed by atoms with Crippen molar-refractivity contribution < 1.29 is 9.59 Å². The Labute approximate surface area is 126 Å². The molecule has 3 heterocycles. The molecule has 112 valence electrons. The fraction of sp³-hybridized carbons (Fsp3) is 0.500. The Morgan fingerprint density at radius 2 is 2.38 bits per heavy atom. The lowest BCUT2D eigenvalue weighted by atomic mass is 10.1. The minimum absolute atomic E-state index is 0.00255. The van der Waals surface area contributed by atoms with E-state index < -0.39 is 0 Å². The van der Waals surface area contributed by atoms with Crippen molar-refractivity contribution >= 4 is 28.1 Å². The van der Waals surface area contributed by atoms with E-state index in [9.17, 15) is 9.59 Å². The summed E-state index contributed by atoms with van der Waals surface area (Å²) in [5, 5.41) is 4.78. The van der Waals surface area contributed by atoms with Gasteiger partial charge in [-0.15, -0.1) is 11.3 Å². The molecular weight excluding hydrogens is 288 g/mol. The molecule has 1 unspecified atom stereocenters. The number of aromatic nitrogens is 2. The highest BCUT2D eigenvalue weighted by Crippen LogP contribution is 2.18. The Hall–Kier alpha value is -1.89. The third kappa shape index (κ3) is 2.53. The summed E-state index contributed by atoms with van der Waals surface area (Å²) in [5.41, 5.74) is 1.88. The molecular formula is C14H18N4O2S. The molecule has 1 aliphatic heterocycles. The highest BCUT2D eigenvalue weighted by Gasteiger charge is 2.31. The summed E-state index contributed by atoms with van der Waals surface area (Å²) in [6.45, 7) is 4.98. The standard InChI is InChI=1S/C14H18N4O2S/c1-3-11-13(20)15-4-5-17(11)12(19)6-10-8-21-14-16-9(2)7-18(10)14/h7-8,11H,3-6H2,1-2H3,(H,15,20). The molecule has 0 bridgehead atoms. The topological polar surface area (TPSA) is 66.7 Å². The first-order chi connectivity index (χ1) is 10.1. The number of aryl methyl sites for hydroxylation is 1. The van der Waals surface area contributed by atoms with Crippen LogP contribution < -0.4 is 5.32 Å². The first-order valence-corrected chi connectivity index (χ1v) is 7.97. The second kappa shape index (κ2) is 5.48. The zero-order valence-electron chi connectivity index (χ0n) is 12.1. The number of hydrogen-bond donors (Lipinski definition) is 1. The average Bonchev–Trinajstić information content (AvgIpc) is 2.99. The highest BCUT2D eigenvalue weighted by molar-refractivity contribution is 7.15. The van der Waals surface area contributed by atoms with Crippen LogP contribution in [0.15, 0.2) is 11.6 Å². The Kier molecular flexibility index (Phi) is 3.67. The lowest BCUT2D eigenvalue weighted by molar-refractivity contribution is -0.142. The Bertz CT molecular complexity index is 690. The van der Waals surface area contributed by atoms with E-state index in [4.69, 9.17) is 0 Å². The number of carbonyl (C=O) groups excluding carboxylic acids is 2. The minimum atomic E-state index is -0.343. The van der Waals surface area contributed by atoms with Gasteiger partial charge in [0.15, 0.2) is 4.96 Å². The van der Waals surface area contributed by atoms with E-state index in [1.54, 1.807) is 4.90 Å². The van der Waals surface area contributed by atoms with Gasteiger partial charge in [0, 0.05) is 30.4 Å². The number of imidazole rings is 1. The minimum Gasteiger partial charge on any atom is -0.353 e. The number of piperazine rings is 1. The van der Waals surface area contributed by atoms with Gasteiger partial charge in [-0.2, -0.15) is 0 Å². The second-order valence-electron chi connectivity index (χ2n) is 5.24. The zero-order chi connectivity index (χ0) is 15.0. The SMILES string of the molecule is CCC1C(=O)NCCN1C(=O)Cc1csc2nc(C)cn12. The molecule has 2 aromatic heterocycles. The van der Waals surface area contributed by atoms with Gasteiger partial charge in [-0.3, -0.25) is 14.0 Å². The summed E-state index contributed by atoms with van der Waals surface area (Å²) in [7, 11) is 0. The van der Waals surface area contributed by atoms with Gasteiger partial charge >= 0.3 is 0 Å². The third-order valence-corrected chi connectivity index (χ3v) is 4.66. The Morgan fingerprint density at radius 1 is 1.57 bits per heavy atom. The van der Waals surface area contributed by atoms with Crippen LogP contribution in [0.3, 0.4) is 0 Å². The molecule has 1 aliphatic rings. The predicted molar refractivity (Wildman–Crippen MR) is 80.3 cm³/mol. The summed E-state index contributed by atoms with van der Waals surface area (Å²) in [6.07, 6.45) is 2.88. The summed E-state index contributed by atoms with van der Waals surface area (Å²) in [6, 6.07) is -0.343. The molecule has 0 aromatic carbocycles. The second-order valence-corrected chi connectivity index (χ2v) is 6.08. The van der Waals surface area contributed by atoms with Crippen LogP contribution in [-0.4, -0.2) is 45.2 Å². The van der Waals surface area contributed by atoms with Gasteiger partial charge in [-0.1, -0.05) is 6.92 Å². The number of rotatable bonds is 3. The number of nitrogens with zero attached hydrogens (tertiary/aromatic N) is 3. The molecule has 3 rings (SSSR count). The van der Waals surface area contributed by atoms with Crippen molar-refractivity contribution in [2.75, 3.05) is 13.1 Å². The molecule has 0 spiro atoms. The van der Waals surface area contributed by atoms with Crippen molar-refractivity contribution in [3.8, 4) is 0 Å². The lowest BCUT2D eigenvalue weighted by Gasteiger charge is -2.34. The van der Waals surface area contributed by atoms with Crippen LogP contribution in [-0.2, 0) is 16.0 Å². The number of thiazole rings is 1. The van der Waals surface area contributed by atoms with E-state index in [-0.39, 0.29) is 17.9 Å². The fourth-order valence-corrected chi connectivity index (χ4v) is 3.66. The number of fused-ring (bicyclic) bond motifs is 1. The van der Waals surface area contributed by atoms with Gasteiger partial charge in [0.1, 0.15) is 6.04 Å². The lowest BCUT2D eigenvalue weighted by Crippen LogP contribution is -2.57. The van der Waals surface area contributed by atoms with Crippen molar-refractivity contribution in [2.45, 2.75) is 32.7 Å². The molecule has 7 heteroatoms. The van der Waals surface area contributed by atoms with Gasteiger partial charge < -0.3 is 10.2 Å². The van der Waals surface area contributed by atoms with Crippen molar-refractivity contribution in [2.24, 2.45) is 0 Å². The van der Waals surface area contributed by atoms with E-state index in [0.29, 0.717) is 25.9 Å². The third-order valence-electron chi connectivity index (χ3n) is 3.77. The molecule has 6 nitrogen and oxygen atoms in total. The van der Waals surface area contributed by atoms with Crippen LogP contribution in [0.25, 0.3) is 4.96 Å². The number of amides is 2. The molecule has 1 N–H and O–H groups in total. The van der Waals surface area contributed by atoms with Crippen molar-refractivity contribution in [1.29, 1.82) is 0 Å². The van der Waals surface area contributed by atoms with E-state index in [1.165, 1.54) is 11.3 Å². The number of carbonyl (C=O) groups is 2. The highest BCUT2D eigenvalue weighted by atomic mass is 32.1. The first kappa shape index (κ1) is 14.1. The normalized spacial score (nSPS) is 19.0. The van der Waals surface area contributed by atoms with E-state index in [0.717, 1.165) is 16.3 Å². The van der Waals surface area contributed by atoms with Gasteiger partial charge in [0.2, 0.25) is 11.8 Å². The maximum Gasteiger partial charge on any atom is 0.242 e. The fourth-order valence-electron chi connectivity index (χ4n) is 2.74. The Morgan fingerprint density at radius 3 is 3.14 bits per heavy atom. The van der Waals surface area contributed by atoms with Crippen molar-refractivity contribution in [1.82, 2.24) is 19.6 Å². The zero-order valence-corrected chi connectivity index (χ0v) is 12.9. The van der Waals surface area contributed by atoms with E-state index in [1.807, 2.05) is 29.8 Å². The smallest absolute Gasteiger partial charge is 0.242 e. The van der Waals surface area contributed by atoms with Crippen LogP contribution in [0.2, 0.25) is 0 Å². The summed E-state index contributed by atoms with van der Waals surface area (Å²) >= 11 is 1.53. The quantitative estimate of drug-likeness (QED) is 0.919. The van der Waals surface area contributed by atoms with Gasteiger partial charge in [-0.05, 0) is 13.3 Å². The summed E-state index contributed by atoms with van der Waals surface area (Å²) < 4.78 is 1.96. The average molecular weight is 306 g/mol. The van der Waals surface area contributed by atoms with Crippen molar-refractivity contribution in [3.05, 3.63) is 23.0 Å². The van der Waals surface area contributed by atoms with Crippen LogP contribution >= 0.6 is 11.3 Å². The molecule has 1 fully saturated rings. The van der Waals surface area contributed by atoms with Crippen LogP contribution in [0.1, 0.15) is 24.7 Å². The molecule has 1 atom stereocenters. The van der Waals surface area contributed by atoms with Gasteiger partial charge in [-0.25, -0.2) is 4.98 Å². The maximum atomic E-state index is 12.5. The van der Waals surface area contributed by atoms with Gasteiger partial charge in [0.05, 0.1) is 12.1 Å². The molecule has 0 radical (unpaired) electrons. The van der Waals surface area contributed by atoms with Crippen LogP contribution in [0.5, 0.6) is 0 Å². The van der Waals surface area contributed by atoms with E-state index >= 15 is 0 Å². The molecule has 21 heavy (non-hydrogen) atoms. The van der Waals surface area contributed by atoms with E-state index in [2.05, 4.69) is 10.3 Å². The molecule has 0 aliphatic carbocycles. The monoisotopic (exact) mass is 306 g/mol. The molecule has 0 saturated carbocycles. The van der Waals surface area contributed by atoms with Crippen LogP contribution in [0, 0.1) is 6.92 Å². The summed E-state index contributed by atoms with van der Waals surface area (Å²) in [5.74, 6) is -0.0474. The first-order valence-electron chi connectivity index (χ1n) is 7.09.